The average molecular weight is 233 g/mol. The van der Waals surface area contributed by atoms with Crippen molar-refractivity contribution in [3.63, 3.8) is 0 Å². The Labute approximate surface area is 97.0 Å². The molecule has 0 saturated heterocycles. The summed E-state index contributed by atoms with van der Waals surface area (Å²) in [5.41, 5.74) is -0.531. The Balaban J connectivity index is 2.90. The van der Waals surface area contributed by atoms with E-state index in [1.807, 2.05) is 0 Å². The first-order valence-corrected chi connectivity index (χ1v) is 4.96. The van der Waals surface area contributed by atoms with Crippen molar-refractivity contribution in [2.75, 3.05) is 14.2 Å². The Bertz CT molecular complexity index is 630. The van der Waals surface area contributed by atoms with E-state index in [-0.39, 0.29) is 5.56 Å². The van der Waals surface area contributed by atoms with Crippen molar-refractivity contribution in [3.8, 4) is 5.88 Å². The lowest BCUT2D eigenvalue weighted by Crippen LogP contribution is -2.20. The molecule has 0 unspecified atom stereocenters. The highest BCUT2D eigenvalue weighted by Gasteiger charge is 2.17. The number of pyridine rings is 1. The quantitative estimate of drug-likeness (QED) is 0.794. The third-order valence-electron chi connectivity index (χ3n) is 2.49. The molecule has 2 aromatic rings. The lowest BCUT2D eigenvalue weighted by molar-refractivity contribution is 0.0601. The summed E-state index contributed by atoms with van der Waals surface area (Å²) in [6.07, 6.45) is 0. The zero-order chi connectivity index (χ0) is 12.4. The molecule has 0 saturated carbocycles. The molecule has 0 bridgehead atoms. The van der Waals surface area contributed by atoms with E-state index in [1.54, 1.807) is 24.3 Å². The maximum atomic E-state index is 11.8. The summed E-state index contributed by atoms with van der Waals surface area (Å²) in [4.78, 5) is 25.8. The summed E-state index contributed by atoms with van der Waals surface area (Å²) in [5, 5.41) is 1.18. The number of carbonyl (C=O) groups excluding carboxylic acids is 1. The van der Waals surface area contributed by atoms with Gasteiger partial charge in [-0.1, -0.05) is 18.2 Å². The predicted molar refractivity (Wildman–Crippen MR) is 62.5 cm³/mol. The number of carbonyl (C=O) groups is 1. The van der Waals surface area contributed by atoms with Gasteiger partial charge >= 0.3 is 5.97 Å². The Morgan fingerprint density at radius 3 is 2.41 bits per heavy atom. The normalized spacial score (nSPS) is 10.2. The van der Waals surface area contributed by atoms with Crippen molar-refractivity contribution in [2.45, 2.75) is 0 Å². The van der Waals surface area contributed by atoms with Crippen LogP contribution < -0.4 is 10.3 Å². The molecule has 0 atom stereocenters. The fourth-order valence-corrected chi connectivity index (χ4v) is 1.72. The summed E-state index contributed by atoms with van der Waals surface area (Å²) >= 11 is 0. The van der Waals surface area contributed by atoms with Gasteiger partial charge in [-0.25, -0.2) is 4.79 Å². The Kier molecular flexibility index (Phi) is 2.82. The molecule has 1 aromatic heterocycles. The number of methoxy groups -OCH3 is 2. The van der Waals surface area contributed by atoms with Crippen LogP contribution in [0.4, 0.5) is 0 Å². The monoisotopic (exact) mass is 233 g/mol. The van der Waals surface area contributed by atoms with E-state index in [0.29, 0.717) is 16.7 Å². The second kappa shape index (κ2) is 4.29. The van der Waals surface area contributed by atoms with Crippen LogP contribution in [0.3, 0.4) is 0 Å². The van der Waals surface area contributed by atoms with Gasteiger partial charge in [-0.3, -0.25) is 9.78 Å². The molecule has 0 aliphatic carbocycles. The van der Waals surface area contributed by atoms with E-state index in [0.717, 1.165) is 0 Å². The van der Waals surface area contributed by atoms with Crippen molar-refractivity contribution in [3.05, 3.63) is 40.2 Å². The molecule has 0 fully saturated rings. The zero-order valence-corrected chi connectivity index (χ0v) is 9.44. The van der Waals surface area contributed by atoms with Gasteiger partial charge in [0.15, 0.2) is 0 Å². The molecule has 0 radical (unpaired) electrons. The Morgan fingerprint density at radius 2 is 1.82 bits per heavy atom. The van der Waals surface area contributed by atoms with Crippen LogP contribution in [-0.4, -0.2) is 25.2 Å². The zero-order valence-electron chi connectivity index (χ0n) is 9.44. The highest BCUT2D eigenvalue weighted by molar-refractivity contribution is 6.05. The lowest BCUT2D eigenvalue weighted by Gasteiger charge is -2.08. The van der Waals surface area contributed by atoms with Crippen molar-refractivity contribution in [1.82, 2.24) is 4.98 Å². The molecule has 1 aromatic carbocycles. The first kappa shape index (κ1) is 11.2. The van der Waals surface area contributed by atoms with Crippen molar-refractivity contribution in [1.29, 1.82) is 0 Å². The summed E-state index contributed by atoms with van der Waals surface area (Å²) in [6.45, 7) is 0. The lowest BCUT2D eigenvalue weighted by atomic mass is 10.1. The van der Waals surface area contributed by atoms with Crippen molar-refractivity contribution >= 4 is 16.7 Å². The maximum absolute atomic E-state index is 11.8. The van der Waals surface area contributed by atoms with E-state index >= 15 is 0 Å². The van der Waals surface area contributed by atoms with Gasteiger partial charge in [0.05, 0.1) is 14.2 Å². The predicted octanol–water partition coefficient (Wildman–Crippen LogP) is 1.32. The molecule has 5 heteroatoms. The van der Waals surface area contributed by atoms with Crippen LogP contribution in [0.2, 0.25) is 0 Å². The molecule has 1 heterocycles. The summed E-state index contributed by atoms with van der Waals surface area (Å²) in [5.74, 6) is -0.330. The molecule has 0 spiro atoms. The van der Waals surface area contributed by atoms with Crippen LogP contribution in [0.5, 0.6) is 5.88 Å². The van der Waals surface area contributed by atoms with Gasteiger partial charge in [-0.05, 0) is 6.07 Å². The van der Waals surface area contributed by atoms with Crippen LogP contribution in [0.25, 0.3) is 10.8 Å². The number of rotatable bonds is 2. The number of H-pyrrole nitrogens is 1. The number of hydrogen-bond donors (Lipinski definition) is 1. The van der Waals surface area contributed by atoms with E-state index < -0.39 is 11.5 Å². The molecule has 0 aliphatic rings. The number of aromatic amines is 1. The summed E-state index contributed by atoms with van der Waals surface area (Å²) in [6, 6.07) is 6.98. The van der Waals surface area contributed by atoms with Gasteiger partial charge in [0, 0.05) is 10.8 Å². The van der Waals surface area contributed by atoms with Gasteiger partial charge in [-0.2, -0.15) is 0 Å². The minimum atomic E-state index is -0.662. The molecule has 88 valence electrons. The van der Waals surface area contributed by atoms with E-state index in [2.05, 4.69) is 9.72 Å². The largest absolute Gasteiger partial charge is 0.482 e. The molecule has 0 aliphatic heterocycles. The number of hydrogen-bond acceptors (Lipinski definition) is 4. The number of esters is 1. The topological polar surface area (TPSA) is 68.4 Å². The first-order chi connectivity index (χ1) is 8.19. The number of fused-ring (bicyclic) bond motifs is 1. The Hall–Kier alpha value is -2.30. The Morgan fingerprint density at radius 1 is 1.18 bits per heavy atom. The van der Waals surface area contributed by atoms with Crippen LogP contribution in [-0.2, 0) is 4.74 Å². The standard InChI is InChI=1S/C12H11NO4/c1-16-11-8-6-4-3-5-7(8)9(10(14)13-11)12(15)17-2/h3-6H,1-2H3,(H,13,14). The maximum Gasteiger partial charge on any atom is 0.344 e. The van der Waals surface area contributed by atoms with E-state index in [9.17, 15) is 9.59 Å². The van der Waals surface area contributed by atoms with E-state index in [1.165, 1.54) is 14.2 Å². The van der Waals surface area contributed by atoms with Crippen LogP contribution in [0, 0.1) is 0 Å². The number of nitrogens with one attached hydrogen (secondary N) is 1. The SMILES string of the molecule is COC(=O)c1c(=O)[nH]c(OC)c2ccccc12. The van der Waals surface area contributed by atoms with Crippen LogP contribution >= 0.6 is 0 Å². The van der Waals surface area contributed by atoms with Crippen LogP contribution in [0.15, 0.2) is 29.1 Å². The van der Waals surface area contributed by atoms with Gasteiger partial charge in [0.2, 0.25) is 5.88 Å². The van der Waals surface area contributed by atoms with E-state index in [4.69, 9.17) is 4.74 Å². The van der Waals surface area contributed by atoms with Crippen LogP contribution in [0.1, 0.15) is 10.4 Å². The second-order valence-electron chi connectivity index (χ2n) is 3.40. The van der Waals surface area contributed by atoms with Gasteiger partial charge in [0.1, 0.15) is 5.56 Å². The third-order valence-corrected chi connectivity index (χ3v) is 2.49. The molecular weight excluding hydrogens is 222 g/mol. The molecule has 5 nitrogen and oxygen atoms in total. The second-order valence-corrected chi connectivity index (χ2v) is 3.40. The van der Waals surface area contributed by atoms with Gasteiger partial charge in [-0.15, -0.1) is 0 Å². The summed E-state index contributed by atoms with van der Waals surface area (Å²) in [7, 11) is 2.69. The highest BCUT2D eigenvalue weighted by atomic mass is 16.5. The number of ether oxygens (including phenoxy) is 2. The third kappa shape index (κ3) is 1.75. The number of benzene rings is 1. The molecular formula is C12H11NO4. The minimum absolute atomic E-state index is 0.0103. The van der Waals surface area contributed by atoms with Gasteiger partial charge < -0.3 is 9.47 Å². The van der Waals surface area contributed by atoms with Crippen molar-refractivity contribution in [2.24, 2.45) is 0 Å². The molecule has 0 amide bonds. The average Bonchev–Trinajstić information content (AvgIpc) is 2.37. The van der Waals surface area contributed by atoms with Crippen molar-refractivity contribution < 1.29 is 14.3 Å². The number of aromatic nitrogens is 1. The fraction of sp³-hybridized carbons (Fsp3) is 0.167. The molecule has 1 N–H and O–H groups in total. The fourth-order valence-electron chi connectivity index (χ4n) is 1.72. The smallest absolute Gasteiger partial charge is 0.344 e. The summed E-state index contributed by atoms with van der Waals surface area (Å²) < 4.78 is 9.67. The molecule has 2 rings (SSSR count). The highest BCUT2D eigenvalue weighted by Crippen LogP contribution is 2.23. The first-order valence-electron chi connectivity index (χ1n) is 4.96. The minimum Gasteiger partial charge on any atom is -0.482 e. The van der Waals surface area contributed by atoms with Gasteiger partial charge in [0.25, 0.3) is 5.56 Å². The molecule has 17 heavy (non-hydrogen) atoms.